The molecule has 0 radical (unpaired) electrons. The second-order valence-corrected chi connectivity index (χ2v) is 12.8. The number of aryl methyl sites for hydroxylation is 1. The van der Waals surface area contributed by atoms with Crippen LogP contribution in [0.5, 0.6) is 0 Å². The summed E-state index contributed by atoms with van der Waals surface area (Å²) in [5.41, 5.74) is 6.98. The lowest BCUT2D eigenvalue weighted by Crippen LogP contribution is -2.00. The van der Waals surface area contributed by atoms with Gasteiger partial charge in [-0.3, -0.25) is 0 Å². The molecular weight excluding hydrogens is 444 g/mol. The van der Waals surface area contributed by atoms with Crippen molar-refractivity contribution in [3.05, 3.63) is 52.3 Å². The number of benzene rings is 1. The van der Waals surface area contributed by atoms with Crippen molar-refractivity contribution in [3.8, 4) is 0 Å². The summed E-state index contributed by atoms with van der Waals surface area (Å²) in [6, 6.07) is 2.33. The third-order valence-electron chi connectivity index (χ3n) is 7.68. The minimum Gasteiger partial charge on any atom is -0.513 e. The van der Waals surface area contributed by atoms with Crippen LogP contribution in [0.2, 0.25) is 0 Å². The van der Waals surface area contributed by atoms with E-state index >= 15 is 0 Å². The molecule has 2 unspecified atom stereocenters. The first-order chi connectivity index (χ1) is 16.5. The molecule has 0 spiro atoms. The van der Waals surface area contributed by atoms with Crippen molar-refractivity contribution >= 4 is 11.8 Å². The smallest absolute Gasteiger partial charge is 0.0854 e. The van der Waals surface area contributed by atoms with E-state index in [-0.39, 0.29) is 5.76 Å². The second-order valence-electron chi connectivity index (χ2n) is 11.7. The zero-order chi connectivity index (χ0) is 26.4. The number of hydrogen-bond donors (Lipinski definition) is 1. The first-order valence-corrected chi connectivity index (χ1v) is 15.2. The van der Waals surface area contributed by atoms with Crippen LogP contribution >= 0.6 is 11.8 Å². The van der Waals surface area contributed by atoms with Gasteiger partial charge in [-0.25, -0.2) is 0 Å². The van der Waals surface area contributed by atoms with Crippen molar-refractivity contribution in [1.82, 2.24) is 0 Å². The Balaban J connectivity index is 2.33. The highest BCUT2D eigenvalue weighted by atomic mass is 32.2. The van der Waals surface area contributed by atoms with Crippen LogP contribution in [0.15, 0.2) is 34.9 Å². The average Bonchev–Trinajstić information content (AvgIpc) is 2.76. The van der Waals surface area contributed by atoms with Crippen molar-refractivity contribution in [2.45, 2.75) is 131 Å². The molecule has 1 nitrogen and oxygen atoms in total. The first kappa shape index (κ1) is 31.9. The van der Waals surface area contributed by atoms with Crippen LogP contribution in [0.1, 0.15) is 121 Å². The quantitative estimate of drug-likeness (QED) is 0.123. The van der Waals surface area contributed by atoms with Crippen molar-refractivity contribution in [2.24, 2.45) is 17.8 Å². The van der Waals surface area contributed by atoms with Crippen molar-refractivity contribution in [3.63, 3.8) is 0 Å². The molecule has 0 fully saturated rings. The first-order valence-electron chi connectivity index (χ1n) is 14.3. The Hall–Kier alpha value is -1.15. The Morgan fingerprint density at radius 1 is 0.886 bits per heavy atom. The molecule has 1 N–H and O–H groups in total. The molecule has 0 aromatic heterocycles. The molecule has 0 aliphatic carbocycles. The van der Waals surface area contributed by atoms with Gasteiger partial charge in [0.25, 0.3) is 0 Å². The zero-order valence-corrected chi connectivity index (χ0v) is 25.3. The maximum Gasteiger partial charge on any atom is 0.0854 e. The highest BCUT2D eigenvalue weighted by molar-refractivity contribution is 7.99. The molecular formula is C33H56OS. The number of aliphatic hydroxyl groups excluding tert-OH is 1. The molecule has 35 heavy (non-hydrogen) atoms. The second kappa shape index (κ2) is 17.3. The number of aliphatic hydroxyl groups is 1. The van der Waals surface area contributed by atoms with Gasteiger partial charge in [0, 0.05) is 17.1 Å². The van der Waals surface area contributed by atoms with E-state index in [1.54, 1.807) is 0 Å². The summed E-state index contributed by atoms with van der Waals surface area (Å²) in [5, 5.41) is 9.47. The summed E-state index contributed by atoms with van der Waals surface area (Å²) in [7, 11) is 0. The van der Waals surface area contributed by atoms with Crippen LogP contribution in [0.25, 0.3) is 0 Å². The van der Waals surface area contributed by atoms with E-state index in [1.165, 1.54) is 90.5 Å². The van der Waals surface area contributed by atoms with E-state index in [4.69, 9.17) is 0 Å². The Morgan fingerprint density at radius 3 is 2.03 bits per heavy atom. The lowest BCUT2D eigenvalue weighted by atomic mass is 9.91. The molecule has 0 saturated carbocycles. The number of allylic oxidation sites excluding steroid dienone is 2. The standard InChI is InChI=1S/C33H56OS/c1-24(2)13-10-14-25(3)15-11-16-26(4)17-12-18-27(5)21-22-35-33-23-28(6)32(20-19-29(7)34)30(8)31(33)9/h21,23-26,34H,7,10-20,22H2,1-6,8-9H3/b27-21+. The zero-order valence-electron chi connectivity index (χ0n) is 24.4. The fourth-order valence-corrected chi connectivity index (χ4v) is 6.16. The van der Waals surface area contributed by atoms with E-state index in [2.05, 4.69) is 74.1 Å². The van der Waals surface area contributed by atoms with Gasteiger partial charge in [-0.05, 0) is 93.0 Å². The monoisotopic (exact) mass is 500 g/mol. The summed E-state index contributed by atoms with van der Waals surface area (Å²) in [6.45, 7) is 22.2. The van der Waals surface area contributed by atoms with Gasteiger partial charge in [-0.1, -0.05) is 90.9 Å². The molecule has 200 valence electrons. The summed E-state index contributed by atoms with van der Waals surface area (Å²) in [6.07, 6.45) is 16.3. The summed E-state index contributed by atoms with van der Waals surface area (Å²) in [4.78, 5) is 1.39. The lowest BCUT2D eigenvalue weighted by Gasteiger charge is -2.16. The molecule has 0 aliphatic heterocycles. The van der Waals surface area contributed by atoms with Gasteiger partial charge in [0.1, 0.15) is 0 Å². The Morgan fingerprint density at radius 2 is 1.46 bits per heavy atom. The van der Waals surface area contributed by atoms with Crippen molar-refractivity contribution in [1.29, 1.82) is 0 Å². The largest absolute Gasteiger partial charge is 0.513 e. The van der Waals surface area contributed by atoms with E-state index in [0.717, 1.165) is 29.9 Å². The minimum absolute atomic E-state index is 0.275. The van der Waals surface area contributed by atoms with Gasteiger partial charge in [-0.2, -0.15) is 0 Å². The van der Waals surface area contributed by atoms with E-state index in [9.17, 15) is 5.11 Å². The summed E-state index contributed by atoms with van der Waals surface area (Å²) in [5.74, 6) is 3.93. The number of thioether (sulfide) groups is 1. The molecule has 0 amide bonds. The van der Waals surface area contributed by atoms with Crippen LogP contribution in [-0.2, 0) is 6.42 Å². The molecule has 0 aliphatic rings. The van der Waals surface area contributed by atoms with Crippen molar-refractivity contribution < 1.29 is 5.11 Å². The molecule has 1 aromatic rings. The van der Waals surface area contributed by atoms with Gasteiger partial charge in [-0.15, -0.1) is 11.8 Å². The number of rotatable bonds is 18. The van der Waals surface area contributed by atoms with Crippen LogP contribution in [0.3, 0.4) is 0 Å². The third kappa shape index (κ3) is 13.7. The summed E-state index contributed by atoms with van der Waals surface area (Å²) >= 11 is 1.95. The lowest BCUT2D eigenvalue weighted by molar-refractivity contribution is 0.389. The predicted octanol–water partition coefficient (Wildman–Crippen LogP) is 11.1. The van der Waals surface area contributed by atoms with Crippen LogP contribution in [0, 0.1) is 38.5 Å². The SMILES string of the molecule is C=C(O)CCc1c(C)cc(SC/C=C(\C)CCCC(C)CCCC(C)CCCC(C)C)c(C)c1C. The van der Waals surface area contributed by atoms with Gasteiger partial charge >= 0.3 is 0 Å². The molecule has 1 rings (SSSR count). The maximum atomic E-state index is 9.47. The Bertz CT molecular complexity index is 789. The fourth-order valence-electron chi connectivity index (χ4n) is 4.99. The predicted molar refractivity (Wildman–Crippen MR) is 160 cm³/mol. The van der Waals surface area contributed by atoms with Crippen molar-refractivity contribution in [2.75, 3.05) is 5.75 Å². The van der Waals surface area contributed by atoms with Gasteiger partial charge in [0.15, 0.2) is 0 Å². The molecule has 2 atom stereocenters. The summed E-state index contributed by atoms with van der Waals surface area (Å²) < 4.78 is 0. The average molecular weight is 501 g/mol. The fraction of sp³-hybridized carbons (Fsp3) is 0.697. The molecule has 0 heterocycles. The topological polar surface area (TPSA) is 20.2 Å². The van der Waals surface area contributed by atoms with Crippen LogP contribution in [-0.4, -0.2) is 10.9 Å². The van der Waals surface area contributed by atoms with Gasteiger partial charge < -0.3 is 5.11 Å². The van der Waals surface area contributed by atoms with Crippen LogP contribution in [0.4, 0.5) is 0 Å². The maximum absolute atomic E-state index is 9.47. The third-order valence-corrected chi connectivity index (χ3v) is 8.75. The van der Waals surface area contributed by atoms with E-state index in [0.29, 0.717) is 6.42 Å². The van der Waals surface area contributed by atoms with Crippen LogP contribution < -0.4 is 0 Å². The van der Waals surface area contributed by atoms with E-state index < -0.39 is 0 Å². The minimum atomic E-state index is 0.275. The molecule has 0 bridgehead atoms. The van der Waals surface area contributed by atoms with E-state index in [1.807, 2.05) is 11.8 Å². The molecule has 0 saturated heterocycles. The normalized spacial score (nSPS) is 13.9. The highest BCUT2D eigenvalue weighted by Crippen LogP contribution is 2.31. The van der Waals surface area contributed by atoms with Gasteiger partial charge in [0.2, 0.25) is 0 Å². The highest BCUT2D eigenvalue weighted by Gasteiger charge is 2.11. The Kier molecular flexibility index (Phi) is 15.8. The molecule has 2 heteroatoms. The van der Waals surface area contributed by atoms with Gasteiger partial charge in [0.05, 0.1) is 5.76 Å². The Labute approximate surface area is 223 Å². The molecule has 1 aromatic carbocycles. The number of hydrogen-bond acceptors (Lipinski definition) is 2.